The summed E-state index contributed by atoms with van der Waals surface area (Å²) < 4.78 is 34.3. The highest BCUT2D eigenvalue weighted by molar-refractivity contribution is 5.94. The molecule has 2 aliphatic heterocycles. The Morgan fingerprint density at radius 3 is 2.75 bits per heavy atom. The van der Waals surface area contributed by atoms with Crippen molar-refractivity contribution in [3.63, 3.8) is 0 Å². The van der Waals surface area contributed by atoms with E-state index in [9.17, 15) is 8.78 Å². The minimum absolute atomic E-state index is 0.311. The summed E-state index contributed by atoms with van der Waals surface area (Å²) in [4.78, 5) is 11.6. The summed E-state index contributed by atoms with van der Waals surface area (Å²) in [5, 5.41) is 7.96. The number of fused-ring (bicyclic) bond motifs is 3. The van der Waals surface area contributed by atoms with Gasteiger partial charge in [-0.2, -0.15) is 10.1 Å². The van der Waals surface area contributed by atoms with Crippen molar-refractivity contribution in [3.05, 3.63) is 53.5 Å². The molecule has 162 valence electrons. The second-order valence-electron chi connectivity index (χ2n) is 8.50. The van der Waals surface area contributed by atoms with Crippen LogP contribution in [-0.2, 0) is 4.74 Å². The molecule has 6 rings (SSSR count). The van der Waals surface area contributed by atoms with Gasteiger partial charge in [-0.1, -0.05) is 5.92 Å². The Bertz CT molecular complexity index is 1380. The molecule has 0 aliphatic carbocycles. The van der Waals surface area contributed by atoms with Crippen LogP contribution in [-0.4, -0.2) is 50.9 Å². The molecule has 9 heteroatoms. The predicted octanol–water partition coefficient (Wildman–Crippen LogP) is 3.29. The van der Waals surface area contributed by atoms with Crippen molar-refractivity contribution in [1.29, 1.82) is 0 Å². The molecule has 4 aromatic rings. The minimum Gasteiger partial charge on any atom is -0.381 e. The Balaban J connectivity index is 1.37. The zero-order chi connectivity index (χ0) is 21.7. The van der Waals surface area contributed by atoms with Crippen LogP contribution in [0, 0.1) is 28.9 Å². The molecule has 1 aromatic carbocycles. The normalized spacial score (nSPS) is 17.9. The summed E-state index contributed by atoms with van der Waals surface area (Å²) in [5.74, 6) is 4.77. The second-order valence-corrected chi connectivity index (χ2v) is 8.50. The van der Waals surface area contributed by atoms with E-state index in [0.29, 0.717) is 33.4 Å². The zero-order valence-electron chi connectivity index (χ0n) is 17.2. The molecular weight excluding hydrogens is 414 g/mol. The number of H-pyrrole nitrogens is 1. The molecule has 7 nitrogen and oxygen atoms in total. The van der Waals surface area contributed by atoms with E-state index in [2.05, 4.69) is 31.9 Å². The molecule has 2 fully saturated rings. The summed E-state index contributed by atoms with van der Waals surface area (Å²) >= 11 is 0. The molecule has 0 radical (unpaired) electrons. The van der Waals surface area contributed by atoms with Crippen LogP contribution in [0.15, 0.2) is 30.6 Å². The summed E-state index contributed by atoms with van der Waals surface area (Å²) in [5.41, 5.74) is 2.43. The van der Waals surface area contributed by atoms with Gasteiger partial charge in [-0.05, 0) is 48.8 Å². The van der Waals surface area contributed by atoms with Crippen LogP contribution in [0.3, 0.4) is 0 Å². The molecule has 5 heterocycles. The fourth-order valence-corrected chi connectivity index (χ4v) is 4.67. The van der Waals surface area contributed by atoms with E-state index in [1.807, 2.05) is 10.6 Å². The maximum Gasteiger partial charge on any atom is 0.213 e. The number of imidazole rings is 1. The molecule has 0 atom stereocenters. The van der Waals surface area contributed by atoms with E-state index in [1.54, 1.807) is 6.20 Å². The van der Waals surface area contributed by atoms with Crippen LogP contribution in [0.5, 0.6) is 0 Å². The van der Waals surface area contributed by atoms with Gasteiger partial charge in [-0.15, -0.1) is 0 Å². The van der Waals surface area contributed by atoms with Crippen LogP contribution < -0.4 is 4.90 Å². The molecule has 0 saturated carbocycles. The largest absolute Gasteiger partial charge is 0.381 e. The van der Waals surface area contributed by atoms with Crippen molar-refractivity contribution in [3.8, 4) is 11.8 Å². The highest BCUT2D eigenvalue weighted by Crippen LogP contribution is 2.40. The van der Waals surface area contributed by atoms with Gasteiger partial charge in [0.2, 0.25) is 5.95 Å². The van der Waals surface area contributed by atoms with E-state index in [1.165, 1.54) is 6.07 Å². The number of ether oxygens (including phenoxy) is 1. The number of nitrogens with zero attached hydrogens (tertiary/aromatic N) is 5. The van der Waals surface area contributed by atoms with Gasteiger partial charge >= 0.3 is 0 Å². The first-order chi connectivity index (χ1) is 15.6. The number of hydrogen-bond acceptors (Lipinski definition) is 5. The maximum atomic E-state index is 13.5. The third-order valence-corrected chi connectivity index (χ3v) is 6.58. The first-order valence-corrected chi connectivity index (χ1v) is 10.6. The topological polar surface area (TPSA) is 71.3 Å². The first kappa shape index (κ1) is 19.2. The average molecular weight is 434 g/mol. The van der Waals surface area contributed by atoms with Crippen molar-refractivity contribution in [2.24, 2.45) is 5.41 Å². The Kier molecular flexibility index (Phi) is 4.36. The summed E-state index contributed by atoms with van der Waals surface area (Å²) in [6, 6.07) is 3.56. The number of piperidine rings is 1. The van der Waals surface area contributed by atoms with Gasteiger partial charge in [-0.3, -0.25) is 9.50 Å². The molecule has 0 amide bonds. The molecule has 32 heavy (non-hydrogen) atoms. The lowest BCUT2D eigenvalue weighted by molar-refractivity contribution is 0.133. The van der Waals surface area contributed by atoms with Crippen molar-refractivity contribution < 1.29 is 13.5 Å². The number of rotatable bonds is 1. The first-order valence-electron chi connectivity index (χ1n) is 10.6. The lowest BCUT2D eigenvalue weighted by Gasteiger charge is -2.38. The standard InChI is InChI=1S/C23H20F2N6O/c24-16-3-1-15(13-17(16)25)2-4-18-19-20(29-28-18)27-22(31-11-8-26-21(19)31)30-9-5-23(6-10-30)7-12-32-14-23/h1,3,8,11,13H,5-7,9-10,12,14H2,(H,28,29). The lowest BCUT2D eigenvalue weighted by atomic mass is 9.78. The number of halogens is 2. The monoisotopic (exact) mass is 434 g/mol. The van der Waals surface area contributed by atoms with E-state index >= 15 is 0 Å². The van der Waals surface area contributed by atoms with Crippen LogP contribution in [0.2, 0.25) is 0 Å². The Labute approximate surface area is 182 Å². The fourth-order valence-electron chi connectivity index (χ4n) is 4.67. The van der Waals surface area contributed by atoms with E-state index in [0.717, 1.165) is 63.6 Å². The number of hydrogen-bond donors (Lipinski definition) is 1. The Hall–Kier alpha value is -3.51. The zero-order valence-corrected chi connectivity index (χ0v) is 17.2. The summed E-state index contributed by atoms with van der Waals surface area (Å²) in [7, 11) is 0. The summed E-state index contributed by atoms with van der Waals surface area (Å²) in [6.07, 6.45) is 6.91. The molecule has 0 bridgehead atoms. The lowest BCUT2D eigenvalue weighted by Crippen LogP contribution is -2.41. The van der Waals surface area contributed by atoms with Gasteiger partial charge in [0, 0.05) is 37.7 Å². The van der Waals surface area contributed by atoms with Crippen molar-refractivity contribution in [2.75, 3.05) is 31.2 Å². The molecule has 1 N–H and O–H groups in total. The van der Waals surface area contributed by atoms with Crippen molar-refractivity contribution >= 4 is 22.6 Å². The van der Waals surface area contributed by atoms with Gasteiger partial charge in [0.05, 0.1) is 12.0 Å². The number of aromatic nitrogens is 5. The van der Waals surface area contributed by atoms with Crippen LogP contribution >= 0.6 is 0 Å². The fraction of sp³-hybridized carbons (Fsp3) is 0.348. The molecule has 2 aliphatic rings. The minimum atomic E-state index is -0.932. The highest BCUT2D eigenvalue weighted by Gasteiger charge is 2.38. The third-order valence-electron chi connectivity index (χ3n) is 6.58. The SMILES string of the molecule is Fc1ccc(C#Cc2n[nH]c3nc(N4CCC5(CCOC5)CC4)n4ccnc4c23)cc1F. The Morgan fingerprint density at radius 1 is 1.09 bits per heavy atom. The number of anilines is 1. The van der Waals surface area contributed by atoms with Crippen molar-refractivity contribution in [1.82, 2.24) is 24.6 Å². The van der Waals surface area contributed by atoms with Gasteiger partial charge < -0.3 is 9.64 Å². The molecule has 0 unspecified atom stereocenters. The van der Waals surface area contributed by atoms with Gasteiger partial charge in [-0.25, -0.2) is 13.8 Å². The average Bonchev–Trinajstić information content (AvgIpc) is 3.54. The smallest absolute Gasteiger partial charge is 0.213 e. The van der Waals surface area contributed by atoms with Crippen LogP contribution in [0.25, 0.3) is 16.7 Å². The Morgan fingerprint density at radius 2 is 1.97 bits per heavy atom. The van der Waals surface area contributed by atoms with Gasteiger partial charge in [0.15, 0.2) is 22.9 Å². The number of aromatic amines is 1. The molecular formula is C23H20F2N6O. The maximum absolute atomic E-state index is 13.5. The molecule has 1 spiro atoms. The van der Waals surface area contributed by atoms with E-state index in [4.69, 9.17) is 9.72 Å². The van der Waals surface area contributed by atoms with E-state index in [-0.39, 0.29) is 0 Å². The molecule has 2 saturated heterocycles. The summed E-state index contributed by atoms with van der Waals surface area (Å²) in [6.45, 7) is 3.53. The second kappa shape index (κ2) is 7.28. The highest BCUT2D eigenvalue weighted by atomic mass is 19.2. The molecule has 3 aromatic heterocycles. The van der Waals surface area contributed by atoms with Gasteiger partial charge in [0.1, 0.15) is 5.69 Å². The number of benzene rings is 1. The van der Waals surface area contributed by atoms with Crippen LogP contribution in [0.1, 0.15) is 30.5 Å². The quantitative estimate of drug-likeness (QED) is 0.466. The van der Waals surface area contributed by atoms with Crippen molar-refractivity contribution in [2.45, 2.75) is 19.3 Å². The van der Waals surface area contributed by atoms with Gasteiger partial charge in [0.25, 0.3) is 0 Å². The van der Waals surface area contributed by atoms with Crippen LogP contribution in [0.4, 0.5) is 14.7 Å². The number of nitrogens with one attached hydrogen (secondary N) is 1. The van der Waals surface area contributed by atoms with E-state index < -0.39 is 11.6 Å². The predicted molar refractivity (Wildman–Crippen MR) is 114 cm³/mol. The third kappa shape index (κ3) is 3.10.